The van der Waals surface area contributed by atoms with Gasteiger partial charge >= 0.3 is 0 Å². The van der Waals surface area contributed by atoms with Crippen molar-refractivity contribution in [2.75, 3.05) is 12.4 Å². The summed E-state index contributed by atoms with van der Waals surface area (Å²) >= 11 is 1.44. The fourth-order valence-corrected chi connectivity index (χ4v) is 4.69. The molecule has 6 heteroatoms. The van der Waals surface area contributed by atoms with Crippen molar-refractivity contribution in [2.24, 2.45) is 0 Å². The molecule has 5 nitrogen and oxygen atoms in total. The van der Waals surface area contributed by atoms with E-state index in [0.29, 0.717) is 0 Å². The van der Waals surface area contributed by atoms with E-state index in [4.69, 9.17) is 4.74 Å². The van der Waals surface area contributed by atoms with Crippen LogP contribution in [0, 0.1) is 0 Å². The fraction of sp³-hybridized carbons (Fsp3) is 1.00. The van der Waals surface area contributed by atoms with Crippen LogP contribution in [0.5, 0.6) is 0 Å². The van der Waals surface area contributed by atoms with Crippen LogP contribution in [0.25, 0.3) is 0 Å². The van der Waals surface area contributed by atoms with Gasteiger partial charge in [0.25, 0.3) is 0 Å². The maximum absolute atomic E-state index is 11.0. The molecule has 0 spiro atoms. The van der Waals surface area contributed by atoms with E-state index < -0.39 is 34.4 Å². The molecule has 1 fully saturated rings. The van der Waals surface area contributed by atoms with E-state index in [2.05, 4.69) is 6.92 Å². The Morgan fingerprint density at radius 2 is 1.42 bits per heavy atom. The first-order chi connectivity index (χ1) is 11.0. The van der Waals surface area contributed by atoms with Gasteiger partial charge in [0.1, 0.15) is 27.8 Å². The van der Waals surface area contributed by atoms with Crippen LogP contribution in [0.1, 0.15) is 73.1 Å². The predicted octanol–water partition coefficient (Wildman–Crippen LogP) is 2.44. The van der Waals surface area contributed by atoms with Crippen LogP contribution in [0.15, 0.2) is 0 Å². The highest BCUT2D eigenvalue weighted by molar-refractivity contribution is 8.00. The topological polar surface area (TPSA) is 90.2 Å². The summed E-state index contributed by atoms with van der Waals surface area (Å²) in [4.78, 5) is -1.12. The van der Waals surface area contributed by atoms with Crippen LogP contribution in [-0.4, -0.2) is 60.6 Å². The molecule has 1 heterocycles. The van der Waals surface area contributed by atoms with E-state index >= 15 is 0 Å². The summed E-state index contributed by atoms with van der Waals surface area (Å²) in [7, 11) is 0. The van der Waals surface area contributed by atoms with Gasteiger partial charge in [-0.25, -0.2) is 0 Å². The van der Waals surface area contributed by atoms with Crippen molar-refractivity contribution in [3.8, 4) is 0 Å². The van der Waals surface area contributed by atoms with Crippen LogP contribution in [-0.2, 0) is 4.74 Å². The molecule has 1 aliphatic rings. The van der Waals surface area contributed by atoms with Gasteiger partial charge in [-0.05, 0) is 39.9 Å². The third kappa shape index (κ3) is 3.94. The van der Waals surface area contributed by atoms with Gasteiger partial charge in [0.05, 0.1) is 6.61 Å². The number of hydrogen-bond acceptors (Lipinski definition) is 6. The highest BCUT2D eigenvalue weighted by Crippen LogP contribution is 2.53. The van der Waals surface area contributed by atoms with Gasteiger partial charge in [-0.1, -0.05) is 39.0 Å². The number of rotatable bonds is 9. The van der Waals surface area contributed by atoms with Crippen molar-refractivity contribution in [2.45, 2.75) is 101 Å². The number of hydrogen-bond donors (Lipinski definition) is 4. The molecule has 144 valence electrons. The lowest BCUT2D eigenvalue weighted by Gasteiger charge is -2.61. The van der Waals surface area contributed by atoms with E-state index in [-0.39, 0.29) is 0 Å². The van der Waals surface area contributed by atoms with E-state index in [0.717, 1.165) is 18.6 Å². The summed E-state index contributed by atoms with van der Waals surface area (Å²) < 4.78 is 5.89. The van der Waals surface area contributed by atoms with E-state index in [1.807, 2.05) is 0 Å². The Kier molecular flexibility index (Phi) is 7.61. The maximum atomic E-state index is 11.0. The van der Waals surface area contributed by atoms with Gasteiger partial charge < -0.3 is 25.2 Å². The molecule has 1 aliphatic heterocycles. The molecule has 0 saturated carbocycles. The Labute approximate surface area is 150 Å². The summed E-state index contributed by atoms with van der Waals surface area (Å²) in [6.07, 6.45) is 6.11. The second-order valence-corrected chi connectivity index (χ2v) is 9.12. The van der Waals surface area contributed by atoms with Crippen molar-refractivity contribution < 1.29 is 25.2 Å². The van der Waals surface area contributed by atoms with Gasteiger partial charge in [0.15, 0.2) is 0 Å². The molecule has 1 rings (SSSR count). The van der Waals surface area contributed by atoms with Gasteiger partial charge in [-0.3, -0.25) is 0 Å². The van der Waals surface area contributed by atoms with Crippen molar-refractivity contribution in [1.82, 2.24) is 0 Å². The van der Waals surface area contributed by atoms with Crippen molar-refractivity contribution in [3.63, 3.8) is 0 Å². The fourth-order valence-electron chi connectivity index (χ4n) is 3.29. The Morgan fingerprint density at radius 1 is 0.875 bits per heavy atom. The summed E-state index contributed by atoms with van der Waals surface area (Å²) in [5.41, 5.74) is -5.26. The van der Waals surface area contributed by atoms with Crippen LogP contribution in [0.4, 0.5) is 0 Å². The monoisotopic (exact) mass is 364 g/mol. The molecule has 2 unspecified atom stereocenters. The number of aliphatic hydroxyl groups is 4. The second-order valence-electron chi connectivity index (χ2n) is 7.64. The standard InChI is InChI=1S/C18H36O5S/c1-6-7-8-9-10-11-12-24-18(5)17(4,22)16(3,21)15(2,20)14(13-19)23-18/h14,19-22H,6-13H2,1-5H3/t14?,15-,16-,17?,18+/m1/s1. The van der Waals surface area contributed by atoms with E-state index in [9.17, 15) is 20.4 Å². The van der Waals surface area contributed by atoms with Crippen molar-refractivity contribution in [3.05, 3.63) is 0 Å². The van der Waals surface area contributed by atoms with Crippen LogP contribution < -0.4 is 0 Å². The molecule has 0 aliphatic carbocycles. The average molecular weight is 365 g/mol. The Hall–Kier alpha value is 0.150. The lowest BCUT2D eigenvalue weighted by Crippen LogP contribution is -2.80. The molecule has 0 aromatic rings. The lowest BCUT2D eigenvalue weighted by atomic mass is 9.66. The zero-order chi connectivity index (χ0) is 18.6. The first-order valence-corrected chi connectivity index (χ1v) is 10.1. The number of unbranched alkanes of at least 4 members (excludes halogenated alkanes) is 5. The molecule has 0 bridgehead atoms. The molecule has 24 heavy (non-hydrogen) atoms. The highest BCUT2D eigenvalue weighted by atomic mass is 32.2. The van der Waals surface area contributed by atoms with Crippen LogP contribution in [0.3, 0.4) is 0 Å². The minimum Gasteiger partial charge on any atom is -0.394 e. The first kappa shape index (κ1) is 22.2. The van der Waals surface area contributed by atoms with E-state index in [1.165, 1.54) is 58.2 Å². The SMILES string of the molecule is CCCCCCCCS[C@]1(C)OC(CO)[C@@](C)(O)[C@@](C)(O)C1(C)O. The summed E-state index contributed by atoms with van der Waals surface area (Å²) in [5, 5.41) is 42.1. The van der Waals surface area contributed by atoms with E-state index in [1.54, 1.807) is 6.92 Å². The molecule has 0 radical (unpaired) electrons. The van der Waals surface area contributed by atoms with Crippen molar-refractivity contribution >= 4 is 11.8 Å². The molecular weight excluding hydrogens is 328 g/mol. The molecule has 5 atom stereocenters. The zero-order valence-electron chi connectivity index (χ0n) is 15.8. The first-order valence-electron chi connectivity index (χ1n) is 9.07. The molecule has 0 aromatic carbocycles. The number of ether oxygens (including phenoxy) is 1. The average Bonchev–Trinajstić information content (AvgIpc) is 2.50. The van der Waals surface area contributed by atoms with Crippen LogP contribution >= 0.6 is 11.8 Å². The minimum atomic E-state index is -1.82. The van der Waals surface area contributed by atoms with Crippen LogP contribution in [0.2, 0.25) is 0 Å². The lowest BCUT2D eigenvalue weighted by molar-refractivity contribution is -0.349. The second kappa shape index (κ2) is 8.23. The summed E-state index contributed by atoms with van der Waals surface area (Å²) in [6.45, 7) is 7.77. The Balaban J connectivity index is 2.74. The molecular formula is C18H36O5S. The normalized spacial score (nSPS) is 43.1. The number of thioether (sulfide) groups is 1. The molecule has 0 aromatic heterocycles. The predicted molar refractivity (Wildman–Crippen MR) is 98.1 cm³/mol. The zero-order valence-corrected chi connectivity index (χ0v) is 16.7. The third-order valence-electron chi connectivity index (χ3n) is 5.85. The Bertz CT molecular complexity index is 397. The van der Waals surface area contributed by atoms with Gasteiger partial charge in [0, 0.05) is 0 Å². The molecule has 4 N–H and O–H groups in total. The summed E-state index contributed by atoms with van der Waals surface area (Å²) in [6, 6.07) is 0. The third-order valence-corrected chi connectivity index (χ3v) is 7.39. The number of aliphatic hydroxyl groups excluding tert-OH is 1. The summed E-state index contributed by atoms with van der Waals surface area (Å²) in [5.74, 6) is 0.787. The van der Waals surface area contributed by atoms with Gasteiger partial charge in [-0.15, -0.1) is 11.8 Å². The maximum Gasteiger partial charge on any atom is 0.142 e. The Morgan fingerprint density at radius 3 is 1.96 bits per heavy atom. The molecule has 0 amide bonds. The highest BCUT2D eigenvalue weighted by Gasteiger charge is 2.70. The van der Waals surface area contributed by atoms with Gasteiger partial charge in [-0.2, -0.15) is 0 Å². The van der Waals surface area contributed by atoms with Crippen molar-refractivity contribution in [1.29, 1.82) is 0 Å². The smallest absolute Gasteiger partial charge is 0.142 e. The van der Waals surface area contributed by atoms with Gasteiger partial charge in [0.2, 0.25) is 0 Å². The quantitative estimate of drug-likeness (QED) is 0.470. The largest absolute Gasteiger partial charge is 0.394 e. The minimum absolute atomic E-state index is 0.424. The molecule has 1 saturated heterocycles.